The van der Waals surface area contributed by atoms with Crippen molar-refractivity contribution in [2.75, 3.05) is 0 Å². The second-order valence-corrected chi connectivity index (χ2v) is 5.65. The van der Waals surface area contributed by atoms with E-state index in [9.17, 15) is 18.0 Å². The fourth-order valence-corrected chi connectivity index (χ4v) is 2.73. The molecule has 0 spiro atoms. The molecule has 1 aliphatic heterocycles. The van der Waals surface area contributed by atoms with Crippen molar-refractivity contribution in [1.29, 1.82) is 0 Å². The van der Waals surface area contributed by atoms with E-state index in [1.54, 1.807) is 0 Å². The summed E-state index contributed by atoms with van der Waals surface area (Å²) in [6, 6.07) is 0.801. The zero-order chi connectivity index (χ0) is 16.6. The van der Waals surface area contributed by atoms with Gasteiger partial charge in [-0.15, -0.1) is 0 Å². The average molecular weight is 327 g/mol. The van der Waals surface area contributed by atoms with Crippen LogP contribution in [-0.4, -0.2) is 31.3 Å². The highest BCUT2D eigenvalue weighted by Gasteiger charge is 2.33. The fraction of sp³-hybridized carbons (Fsp3) is 0.500. The molecule has 0 saturated heterocycles. The number of alkyl halides is 3. The van der Waals surface area contributed by atoms with Crippen LogP contribution in [0.4, 0.5) is 13.2 Å². The number of nitrogens with zero attached hydrogens (tertiary/aromatic N) is 4. The highest BCUT2D eigenvalue weighted by Crippen LogP contribution is 2.27. The number of rotatable bonds is 3. The summed E-state index contributed by atoms with van der Waals surface area (Å²) in [5, 5.41) is 6.21. The Morgan fingerprint density at radius 2 is 2.26 bits per heavy atom. The van der Waals surface area contributed by atoms with E-state index in [2.05, 4.69) is 15.4 Å². The molecule has 124 valence electrons. The van der Waals surface area contributed by atoms with E-state index in [0.717, 1.165) is 41.3 Å². The highest BCUT2D eigenvalue weighted by molar-refractivity contribution is 5.75. The van der Waals surface area contributed by atoms with Gasteiger partial charge in [0.05, 0.1) is 5.69 Å². The van der Waals surface area contributed by atoms with Crippen molar-refractivity contribution in [3.05, 3.63) is 35.7 Å². The van der Waals surface area contributed by atoms with E-state index in [-0.39, 0.29) is 18.5 Å². The van der Waals surface area contributed by atoms with E-state index in [1.165, 1.54) is 0 Å². The molecular formula is C14H16F3N5O. The molecule has 3 heterocycles. The Balaban J connectivity index is 1.57. The second-order valence-electron chi connectivity index (χ2n) is 5.65. The zero-order valence-electron chi connectivity index (χ0n) is 12.5. The zero-order valence-corrected chi connectivity index (χ0v) is 12.5. The molecule has 2 aromatic rings. The van der Waals surface area contributed by atoms with Gasteiger partial charge in [0.15, 0.2) is 5.69 Å². The van der Waals surface area contributed by atoms with Crippen LogP contribution in [-0.2, 0) is 30.5 Å². The van der Waals surface area contributed by atoms with Crippen molar-refractivity contribution in [2.45, 2.75) is 45.1 Å². The first-order chi connectivity index (χ1) is 10.8. The molecule has 1 N–H and O–H groups in total. The average Bonchev–Trinajstić information content (AvgIpc) is 3.03. The predicted molar refractivity (Wildman–Crippen MR) is 74.4 cm³/mol. The first-order valence-electron chi connectivity index (χ1n) is 7.24. The number of nitrogens with one attached hydrogen (secondary N) is 1. The summed E-state index contributed by atoms with van der Waals surface area (Å²) in [4.78, 5) is 16.4. The van der Waals surface area contributed by atoms with Gasteiger partial charge >= 0.3 is 6.18 Å². The van der Waals surface area contributed by atoms with Gasteiger partial charge in [-0.05, 0) is 19.4 Å². The third-order valence-electron chi connectivity index (χ3n) is 3.71. The third kappa shape index (κ3) is 3.54. The van der Waals surface area contributed by atoms with E-state index in [4.69, 9.17) is 0 Å². The van der Waals surface area contributed by atoms with E-state index in [1.807, 2.05) is 17.7 Å². The number of carbonyl (C=O) groups is 1. The number of aromatic nitrogens is 4. The van der Waals surface area contributed by atoms with Crippen molar-refractivity contribution in [2.24, 2.45) is 0 Å². The summed E-state index contributed by atoms with van der Waals surface area (Å²) in [6.45, 7) is 2.30. The second kappa shape index (κ2) is 5.71. The number of amides is 1. The van der Waals surface area contributed by atoms with Gasteiger partial charge in [0.1, 0.15) is 12.4 Å². The number of carbonyl (C=O) groups excluding carboxylic acids is 1. The van der Waals surface area contributed by atoms with Crippen LogP contribution in [0.1, 0.15) is 23.6 Å². The minimum absolute atomic E-state index is 0.0544. The fourth-order valence-electron chi connectivity index (χ4n) is 2.73. The topological polar surface area (TPSA) is 64.7 Å². The molecule has 1 aliphatic rings. The normalized spacial score (nSPS) is 17.8. The van der Waals surface area contributed by atoms with Crippen LogP contribution in [0.3, 0.4) is 0 Å². The quantitative estimate of drug-likeness (QED) is 0.930. The summed E-state index contributed by atoms with van der Waals surface area (Å²) in [6.07, 6.45) is 0.103. The minimum Gasteiger partial charge on any atom is -0.350 e. The minimum atomic E-state index is -4.50. The number of imidazole rings is 1. The lowest BCUT2D eigenvalue weighted by molar-refractivity contribution is -0.141. The molecule has 0 radical (unpaired) electrons. The van der Waals surface area contributed by atoms with Crippen LogP contribution in [0, 0.1) is 6.92 Å². The number of halogens is 3. The van der Waals surface area contributed by atoms with Gasteiger partial charge in [0.2, 0.25) is 5.91 Å². The molecule has 9 heteroatoms. The summed E-state index contributed by atoms with van der Waals surface area (Å²) in [5.74, 6) is 0.641. The van der Waals surface area contributed by atoms with Crippen LogP contribution in [0.2, 0.25) is 0 Å². The molecule has 1 amide bonds. The van der Waals surface area contributed by atoms with Crippen molar-refractivity contribution >= 4 is 5.91 Å². The highest BCUT2D eigenvalue weighted by atomic mass is 19.4. The summed E-state index contributed by atoms with van der Waals surface area (Å²) >= 11 is 0. The Morgan fingerprint density at radius 1 is 1.48 bits per heavy atom. The molecule has 0 saturated carbocycles. The Hall–Kier alpha value is -2.32. The number of aryl methyl sites for hydroxylation is 2. The van der Waals surface area contributed by atoms with Gasteiger partial charge in [0, 0.05) is 31.4 Å². The Morgan fingerprint density at radius 3 is 2.96 bits per heavy atom. The van der Waals surface area contributed by atoms with Gasteiger partial charge in [-0.25, -0.2) is 4.98 Å². The van der Waals surface area contributed by atoms with Crippen LogP contribution >= 0.6 is 0 Å². The molecule has 1 unspecified atom stereocenters. The summed E-state index contributed by atoms with van der Waals surface area (Å²) in [5.41, 5.74) is -0.0651. The number of fused-ring (bicyclic) bond motifs is 1. The molecule has 23 heavy (non-hydrogen) atoms. The van der Waals surface area contributed by atoms with Crippen molar-refractivity contribution < 1.29 is 18.0 Å². The molecular weight excluding hydrogens is 311 g/mol. The van der Waals surface area contributed by atoms with E-state index >= 15 is 0 Å². The Kier molecular flexibility index (Phi) is 3.87. The van der Waals surface area contributed by atoms with Crippen LogP contribution in [0.5, 0.6) is 0 Å². The SMILES string of the molecule is Cc1cn2c(n1)CCC(NC(=O)Cn1ccc(C(F)(F)F)n1)C2. The van der Waals surface area contributed by atoms with Gasteiger partial charge in [-0.2, -0.15) is 18.3 Å². The molecule has 0 fully saturated rings. The predicted octanol–water partition coefficient (Wildman–Crippen LogP) is 1.54. The maximum atomic E-state index is 12.5. The molecule has 2 aromatic heterocycles. The maximum absolute atomic E-state index is 12.5. The van der Waals surface area contributed by atoms with E-state index in [0.29, 0.717) is 6.54 Å². The molecule has 0 aromatic carbocycles. The van der Waals surface area contributed by atoms with Crippen molar-refractivity contribution in [3.8, 4) is 0 Å². The third-order valence-corrected chi connectivity index (χ3v) is 3.71. The first-order valence-corrected chi connectivity index (χ1v) is 7.24. The van der Waals surface area contributed by atoms with Gasteiger partial charge < -0.3 is 9.88 Å². The lowest BCUT2D eigenvalue weighted by atomic mass is 10.1. The van der Waals surface area contributed by atoms with Crippen molar-refractivity contribution in [3.63, 3.8) is 0 Å². The van der Waals surface area contributed by atoms with E-state index < -0.39 is 11.9 Å². The maximum Gasteiger partial charge on any atom is 0.435 e. The smallest absolute Gasteiger partial charge is 0.350 e. The van der Waals surface area contributed by atoms with Crippen molar-refractivity contribution in [1.82, 2.24) is 24.6 Å². The lowest BCUT2D eigenvalue weighted by Crippen LogP contribution is -2.42. The van der Waals surface area contributed by atoms with Crippen LogP contribution in [0.15, 0.2) is 18.5 Å². The Labute approximate surface area is 130 Å². The van der Waals surface area contributed by atoms with Crippen LogP contribution in [0.25, 0.3) is 0 Å². The molecule has 3 rings (SSSR count). The first kappa shape index (κ1) is 15.6. The van der Waals surface area contributed by atoms with Gasteiger partial charge in [-0.3, -0.25) is 9.48 Å². The number of hydrogen-bond acceptors (Lipinski definition) is 3. The Bertz CT molecular complexity index is 718. The molecule has 6 nitrogen and oxygen atoms in total. The standard InChI is InChI=1S/C14H16F3N5O/c1-9-6-21-7-10(2-3-12(21)18-9)19-13(23)8-22-5-4-11(20-22)14(15,16)17/h4-6,10H,2-3,7-8H2,1H3,(H,19,23). The van der Waals surface area contributed by atoms with Gasteiger partial charge in [-0.1, -0.05) is 0 Å². The summed E-state index contributed by atoms with van der Waals surface area (Å²) in [7, 11) is 0. The van der Waals surface area contributed by atoms with Crippen LogP contribution < -0.4 is 5.32 Å². The lowest BCUT2D eigenvalue weighted by Gasteiger charge is -2.24. The van der Waals surface area contributed by atoms with Gasteiger partial charge in [0.25, 0.3) is 0 Å². The summed E-state index contributed by atoms with van der Waals surface area (Å²) < 4.78 is 40.4. The molecule has 0 aliphatic carbocycles. The number of hydrogen-bond donors (Lipinski definition) is 1. The molecule has 0 bridgehead atoms. The monoisotopic (exact) mass is 327 g/mol. The largest absolute Gasteiger partial charge is 0.435 e. The molecule has 1 atom stereocenters.